The van der Waals surface area contributed by atoms with Gasteiger partial charge in [-0.1, -0.05) is 51.1 Å². The van der Waals surface area contributed by atoms with Crippen LogP contribution in [0.4, 0.5) is 4.39 Å². The maximum atomic E-state index is 15.5. The van der Waals surface area contributed by atoms with Gasteiger partial charge in [-0.15, -0.1) is 0 Å². The molecule has 1 heterocycles. The molecule has 0 spiro atoms. The molecule has 3 rings (SSSR count). The van der Waals surface area contributed by atoms with Gasteiger partial charge in [0.25, 0.3) is 6.01 Å². The summed E-state index contributed by atoms with van der Waals surface area (Å²) in [5, 5.41) is 2.55. The highest BCUT2D eigenvalue weighted by Gasteiger charge is 2.22. The van der Waals surface area contributed by atoms with Crippen LogP contribution in [0.15, 0.2) is 42.5 Å². The standard InChI is InChI=1S/C30H38FN3O4S/c1-6-25-26(17-32-28(35)27(39)15-19(4)5)34(30(33-25)38-8-3)18-21-14-13-20(16-24(21)31)22-11-9-10-12-23(22)29(36)37-7-2/h9-14,16,19,27,39H,6-8,15,17-18H2,1-5H3,(H,32,35). The summed E-state index contributed by atoms with van der Waals surface area (Å²) in [6.07, 6.45) is 1.29. The Bertz CT molecular complexity index is 1290. The Morgan fingerprint density at radius 2 is 1.85 bits per heavy atom. The van der Waals surface area contributed by atoms with Gasteiger partial charge in [0.15, 0.2) is 0 Å². The van der Waals surface area contributed by atoms with E-state index in [0.717, 1.165) is 11.4 Å². The summed E-state index contributed by atoms with van der Waals surface area (Å²) in [4.78, 5) is 29.7. The first kappa shape index (κ1) is 30.2. The van der Waals surface area contributed by atoms with E-state index < -0.39 is 17.0 Å². The minimum atomic E-state index is -0.451. The van der Waals surface area contributed by atoms with Crippen molar-refractivity contribution in [3.8, 4) is 17.1 Å². The van der Waals surface area contributed by atoms with Gasteiger partial charge in [-0.05, 0) is 55.9 Å². The lowest BCUT2D eigenvalue weighted by Gasteiger charge is -2.16. The number of hydrogen-bond donors (Lipinski definition) is 2. The lowest BCUT2D eigenvalue weighted by atomic mass is 9.98. The Kier molecular flexibility index (Phi) is 11.0. The Morgan fingerprint density at radius 1 is 1.10 bits per heavy atom. The van der Waals surface area contributed by atoms with E-state index in [1.165, 1.54) is 6.07 Å². The zero-order valence-electron chi connectivity index (χ0n) is 23.3. The highest BCUT2D eigenvalue weighted by atomic mass is 32.1. The third-order valence-corrected chi connectivity index (χ3v) is 6.72. The number of carbonyl (C=O) groups excluding carboxylic acids is 2. The van der Waals surface area contributed by atoms with Crippen LogP contribution in [0.5, 0.6) is 6.01 Å². The summed E-state index contributed by atoms with van der Waals surface area (Å²) >= 11 is 4.45. The van der Waals surface area contributed by atoms with Crippen LogP contribution in [-0.4, -0.2) is 39.9 Å². The molecule has 39 heavy (non-hydrogen) atoms. The SMILES string of the molecule is CCOC(=O)c1ccccc1-c1ccc(Cn2c(OCC)nc(CC)c2CNC(=O)C(S)CC(C)C)c(F)c1. The second kappa shape index (κ2) is 14.2. The molecule has 0 aliphatic carbocycles. The molecule has 1 amide bonds. The van der Waals surface area contributed by atoms with Crippen molar-refractivity contribution in [2.24, 2.45) is 5.92 Å². The molecule has 0 bridgehead atoms. The number of rotatable bonds is 13. The van der Waals surface area contributed by atoms with Gasteiger partial charge in [-0.2, -0.15) is 17.6 Å². The molecular weight excluding hydrogens is 517 g/mol. The quantitative estimate of drug-likeness (QED) is 0.205. The predicted octanol–water partition coefficient (Wildman–Crippen LogP) is 5.84. The summed E-state index contributed by atoms with van der Waals surface area (Å²) in [6.45, 7) is 10.7. The minimum Gasteiger partial charge on any atom is -0.465 e. The maximum Gasteiger partial charge on any atom is 0.338 e. The van der Waals surface area contributed by atoms with Crippen LogP contribution in [0.3, 0.4) is 0 Å². The molecular formula is C30H38FN3O4S. The second-order valence-electron chi connectivity index (χ2n) is 9.60. The fourth-order valence-electron chi connectivity index (χ4n) is 4.37. The molecule has 0 saturated carbocycles. The molecule has 0 radical (unpaired) electrons. The van der Waals surface area contributed by atoms with Crippen LogP contribution in [0, 0.1) is 11.7 Å². The van der Waals surface area contributed by atoms with Gasteiger partial charge >= 0.3 is 5.97 Å². The van der Waals surface area contributed by atoms with Crippen LogP contribution in [0.2, 0.25) is 0 Å². The van der Waals surface area contributed by atoms with Crippen LogP contribution < -0.4 is 10.1 Å². The first-order valence-corrected chi connectivity index (χ1v) is 13.9. The monoisotopic (exact) mass is 555 g/mol. The molecule has 7 nitrogen and oxygen atoms in total. The third kappa shape index (κ3) is 7.62. The van der Waals surface area contributed by atoms with Crippen molar-refractivity contribution in [3.63, 3.8) is 0 Å². The number of amides is 1. The summed E-state index contributed by atoms with van der Waals surface area (Å²) in [5.74, 6) is -0.693. The van der Waals surface area contributed by atoms with E-state index in [0.29, 0.717) is 53.6 Å². The summed E-state index contributed by atoms with van der Waals surface area (Å²) < 4.78 is 28.3. The molecule has 0 saturated heterocycles. The number of nitrogens with zero attached hydrogens (tertiary/aromatic N) is 2. The Balaban J connectivity index is 1.92. The number of benzene rings is 2. The largest absolute Gasteiger partial charge is 0.465 e. The first-order chi connectivity index (χ1) is 18.7. The molecule has 0 fully saturated rings. The highest BCUT2D eigenvalue weighted by Crippen LogP contribution is 2.28. The van der Waals surface area contributed by atoms with Crippen LogP contribution in [0.1, 0.15) is 68.3 Å². The molecule has 9 heteroatoms. The molecule has 1 atom stereocenters. The topological polar surface area (TPSA) is 82.4 Å². The average Bonchev–Trinajstić information content (AvgIpc) is 3.24. The van der Waals surface area contributed by atoms with Crippen LogP contribution in [0.25, 0.3) is 11.1 Å². The zero-order chi connectivity index (χ0) is 28.5. The Hall–Kier alpha value is -3.33. The number of hydrogen-bond acceptors (Lipinski definition) is 6. The van der Waals surface area contributed by atoms with Gasteiger partial charge < -0.3 is 14.8 Å². The number of thiol groups is 1. The lowest BCUT2D eigenvalue weighted by Crippen LogP contribution is -2.32. The summed E-state index contributed by atoms with van der Waals surface area (Å²) in [7, 11) is 0. The summed E-state index contributed by atoms with van der Waals surface area (Å²) in [6, 6.07) is 12.3. The van der Waals surface area contributed by atoms with Crippen molar-refractivity contribution in [3.05, 3.63) is 70.8 Å². The first-order valence-electron chi connectivity index (χ1n) is 13.4. The van der Waals surface area contributed by atoms with Gasteiger partial charge in [0, 0.05) is 5.56 Å². The van der Waals surface area contributed by atoms with Crippen molar-refractivity contribution < 1.29 is 23.5 Å². The number of nitrogens with one attached hydrogen (secondary N) is 1. The number of ether oxygens (including phenoxy) is 2. The fraction of sp³-hybridized carbons (Fsp3) is 0.433. The van der Waals surface area contributed by atoms with E-state index >= 15 is 4.39 Å². The van der Waals surface area contributed by atoms with Gasteiger partial charge in [0.05, 0.1) is 48.5 Å². The van der Waals surface area contributed by atoms with Crippen molar-refractivity contribution in [1.29, 1.82) is 0 Å². The minimum absolute atomic E-state index is 0.157. The predicted molar refractivity (Wildman–Crippen MR) is 154 cm³/mol. The van der Waals surface area contributed by atoms with Gasteiger partial charge in [0.2, 0.25) is 5.91 Å². The molecule has 0 aliphatic rings. The smallest absolute Gasteiger partial charge is 0.338 e. The number of aromatic nitrogens is 2. The molecule has 1 aromatic heterocycles. The zero-order valence-corrected chi connectivity index (χ0v) is 24.2. The number of imidazole rings is 1. The normalized spacial score (nSPS) is 11.9. The Morgan fingerprint density at radius 3 is 2.49 bits per heavy atom. The van der Waals surface area contributed by atoms with E-state index in [9.17, 15) is 9.59 Å². The maximum absolute atomic E-state index is 15.5. The lowest BCUT2D eigenvalue weighted by molar-refractivity contribution is -0.121. The third-order valence-electron chi connectivity index (χ3n) is 6.27. The average molecular weight is 556 g/mol. The van der Waals surface area contributed by atoms with Crippen molar-refractivity contribution in [1.82, 2.24) is 14.9 Å². The van der Waals surface area contributed by atoms with E-state index in [1.54, 1.807) is 43.3 Å². The van der Waals surface area contributed by atoms with Gasteiger partial charge in [0.1, 0.15) is 5.82 Å². The van der Waals surface area contributed by atoms with Crippen LogP contribution >= 0.6 is 12.6 Å². The van der Waals surface area contributed by atoms with E-state index in [4.69, 9.17) is 9.47 Å². The van der Waals surface area contributed by atoms with Crippen molar-refractivity contribution >= 4 is 24.5 Å². The second-order valence-corrected chi connectivity index (χ2v) is 10.2. The van der Waals surface area contributed by atoms with Crippen molar-refractivity contribution in [2.45, 2.75) is 65.8 Å². The van der Waals surface area contributed by atoms with E-state index in [1.807, 2.05) is 32.3 Å². The number of carbonyl (C=O) groups is 2. The number of esters is 1. The van der Waals surface area contributed by atoms with Gasteiger partial charge in [-0.25, -0.2) is 9.18 Å². The van der Waals surface area contributed by atoms with Crippen LogP contribution in [-0.2, 0) is 29.0 Å². The molecule has 1 N–H and O–H groups in total. The Labute approximate surface area is 235 Å². The van der Waals surface area contributed by atoms with Crippen molar-refractivity contribution in [2.75, 3.05) is 13.2 Å². The summed E-state index contributed by atoms with van der Waals surface area (Å²) in [5.41, 5.74) is 3.51. The molecule has 1 unspecified atom stereocenters. The van der Waals surface area contributed by atoms with Gasteiger partial charge in [-0.3, -0.25) is 9.36 Å². The van der Waals surface area contributed by atoms with E-state index in [-0.39, 0.29) is 25.6 Å². The molecule has 2 aromatic carbocycles. The fourth-order valence-corrected chi connectivity index (χ4v) is 4.88. The number of halogens is 1. The highest BCUT2D eigenvalue weighted by molar-refractivity contribution is 7.81. The molecule has 3 aromatic rings. The molecule has 0 aliphatic heterocycles. The molecule has 210 valence electrons. The number of aryl methyl sites for hydroxylation is 1. The van der Waals surface area contributed by atoms with E-state index in [2.05, 4.69) is 22.9 Å².